The molecule has 1 saturated heterocycles. The second-order valence-electron chi connectivity index (χ2n) is 5.01. The summed E-state index contributed by atoms with van der Waals surface area (Å²) in [6, 6.07) is 4.13. The van der Waals surface area contributed by atoms with Crippen LogP contribution in [-0.2, 0) is 13.6 Å². The lowest BCUT2D eigenvalue weighted by Gasteiger charge is -2.34. The fraction of sp³-hybridized carbons (Fsp3) is 0.462. The average molecular weight is 273 g/mol. The Morgan fingerprint density at radius 2 is 1.85 bits per heavy atom. The first-order chi connectivity index (χ1) is 9.72. The van der Waals surface area contributed by atoms with E-state index in [1.807, 2.05) is 19.4 Å². The summed E-state index contributed by atoms with van der Waals surface area (Å²) in [6.07, 6.45) is 3.68. The zero-order chi connectivity index (χ0) is 13.9. The van der Waals surface area contributed by atoms with Crippen LogP contribution in [0.5, 0.6) is 0 Å². The molecule has 0 atom stereocenters. The van der Waals surface area contributed by atoms with E-state index in [9.17, 15) is 0 Å². The molecule has 0 aliphatic carbocycles. The van der Waals surface area contributed by atoms with Crippen molar-refractivity contribution in [3.63, 3.8) is 0 Å². The number of rotatable bonds is 3. The van der Waals surface area contributed by atoms with E-state index in [1.165, 1.54) is 5.56 Å². The first kappa shape index (κ1) is 12.9. The van der Waals surface area contributed by atoms with E-state index in [0.717, 1.165) is 38.7 Å². The Kier molecular flexibility index (Phi) is 3.51. The molecular formula is C13H19N7. The lowest BCUT2D eigenvalue weighted by atomic mass is 10.2. The molecule has 1 aliphatic heterocycles. The Labute approximate surface area is 118 Å². The molecule has 0 amide bonds. The predicted molar refractivity (Wildman–Crippen MR) is 77.1 cm³/mol. The van der Waals surface area contributed by atoms with E-state index >= 15 is 0 Å². The van der Waals surface area contributed by atoms with Gasteiger partial charge in [-0.3, -0.25) is 9.88 Å². The van der Waals surface area contributed by atoms with Crippen molar-refractivity contribution in [1.82, 2.24) is 24.6 Å². The summed E-state index contributed by atoms with van der Waals surface area (Å²) >= 11 is 0. The Morgan fingerprint density at radius 1 is 1.15 bits per heavy atom. The summed E-state index contributed by atoms with van der Waals surface area (Å²) in [5.74, 6) is 1.19. The standard InChI is InChI=1S/C13H19N7/c1-18-12(14)16-13(17-18)20-8-6-19(7-9-20)10-11-2-4-15-5-3-11/h2-5H,6-10H2,1H3,(H2,14,16,17). The van der Waals surface area contributed by atoms with E-state index in [0.29, 0.717) is 5.95 Å². The molecule has 106 valence electrons. The number of anilines is 2. The fourth-order valence-electron chi connectivity index (χ4n) is 2.37. The molecular weight excluding hydrogens is 254 g/mol. The SMILES string of the molecule is Cn1nc(N2CCN(Cc3ccncc3)CC2)nc1N. The molecule has 0 aromatic carbocycles. The minimum Gasteiger partial charge on any atom is -0.368 e. The maximum Gasteiger partial charge on any atom is 0.246 e. The average Bonchev–Trinajstić information content (AvgIpc) is 2.81. The molecule has 7 nitrogen and oxygen atoms in total. The van der Waals surface area contributed by atoms with Gasteiger partial charge in [-0.15, -0.1) is 5.10 Å². The van der Waals surface area contributed by atoms with Gasteiger partial charge in [-0.05, 0) is 17.7 Å². The second kappa shape index (κ2) is 5.46. The van der Waals surface area contributed by atoms with E-state index in [1.54, 1.807) is 4.68 Å². The summed E-state index contributed by atoms with van der Waals surface area (Å²) in [6.45, 7) is 4.82. The monoisotopic (exact) mass is 273 g/mol. The fourth-order valence-corrected chi connectivity index (χ4v) is 2.37. The zero-order valence-corrected chi connectivity index (χ0v) is 11.6. The highest BCUT2D eigenvalue weighted by atomic mass is 15.5. The third-order valence-corrected chi connectivity index (χ3v) is 3.60. The number of nitrogens with zero attached hydrogens (tertiary/aromatic N) is 6. The van der Waals surface area contributed by atoms with Crippen LogP contribution in [0.25, 0.3) is 0 Å². The molecule has 0 spiro atoms. The smallest absolute Gasteiger partial charge is 0.246 e. The van der Waals surface area contributed by atoms with Crippen molar-refractivity contribution in [2.45, 2.75) is 6.54 Å². The van der Waals surface area contributed by atoms with E-state index < -0.39 is 0 Å². The summed E-state index contributed by atoms with van der Waals surface area (Å²) in [4.78, 5) is 12.9. The molecule has 2 aromatic rings. The number of aryl methyl sites for hydroxylation is 1. The first-order valence-electron chi connectivity index (χ1n) is 6.75. The van der Waals surface area contributed by atoms with Gasteiger partial charge in [0.1, 0.15) is 0 Å². The Morgan fingerprint density at radius 3 is 2.45 bits per heavy atom. The van der Waals surface area contributed by atoms with Crippen LogP contribution in [0.1, 0.15) is 5.56 Å². The van der Waals surface area contributed by atoms with Crippen molar-refractivity contribution in [1.29, 1.82) is 0 Å². The molecule has 0 unspecified atom stereocenters. The molecule has 1 fully saturated rings. The van der Waals surface area contributed by atoms with Crippen molar-refractivity contribution >= 4 is 11.9 Å². The van der Waals surface area contributed by atoms with Crippen LogP contribution in [0.3, 0.4) is 0 Å². The number of nitrogen functional groups attached to an aromatic ring is 1. The van der Waals surface area contributed by atoms with Gasteiger partial charge in [0.15, 0.2) is 0 Å². The van der Waals surface area contributed by atoms with Crippen molar-refractivity contribution in [2.24, 2.45) is 7.05 Å². The van der Waals surface area contributed by atoms with Crippen molar-refractivity contribution in [3.8, 4) is 0 Å². The van der Waals surface area contributed by atoms with Crippen LogP contribution in [-0.4, -0.2) is 50.8 Å². The molecule has 2 N–H and O–H groups in total. The number of hydrogen-bond donors (Lipinski definition) is 1. The van der Waals surface area contributed by atoms with Gasteiger partial charge >= 0.3 is 0 Å². The highest BCUT2D eigenvalue weighted by Crippen LogP contribution is 2.14. The highest BCUT2D eigenvalue weighted by Gasteiger charge is 2.20. The minimum absolute atomic E-state index is 0.458. The zero-order valence-electron chi connectivity index (χ0n) is 11.6. The van der Waals surface area contributed by atoms with Crippen LogP contribution in [0.15, 0.2) is 24.5 Å². The Hall–Kier alpha value is -2.15. The minimum atomic E-state index is 0.458. The maximum absolute atomic E-state index is 5.72. The van der Waals surface area contributed by atoms with E-state index in [-0.39, 0.29) is 0 Å². The van der Waals surface area contributed by atoms with Crippen LogP contribution < -0.4 is 10.6 Å². The number of pyridine rings is 1. The summed E-state index contributed by atoms with van der Waals surface area (Å²) in [7, 11) is 1.81. The maximum atomic E-state index is 5.72. The predicted octanol–water partition coefficient (Wildman–Crippen LogP) is 0.115. The van der Waals surface area contributed by atoms with Gasteiger partial charge in [-0.1, -0.05) is 0 Å². The van der Waals surface area contributed by atoms with Gasteiger partial charge in [0.25, 0.3) is 0 Å². The van der Waals surface area contributed by atoms with Crippen LogP contribution >= 0.6 is 0 Å². The molecule has 3 rings (SSSR count). The van der Waals surface area contributed by atoms with E-state index in [4.69, 9.17) is 5.73 Å². The number of aromatic nitrogens is 4. The lowest BCUT2D eigenvalue weighted by Crippen LogP contribution is -2.46. The molecule has 20 heavy (non-hydrogen) atoms. The van der Waals surface area contributed by atoms with Crippen molar-refractivity contribution < 1.29 is 0 Å². The first-order valence-corrected chi connectivity index (χ1v) is 6.75. The highest BCUT2D eigenvalue weighted by molar-refractivity contribution is 5.35. The molecule has 7 heteroatoms. The molecule has 1 aliphatic rings. The number of nitrogens with two attached hydrogens (primary N) is 1. The summed E-state index contributed by atoms with van der Waals surface area (Å²) in [5, 5.41) is 4.32. The Balaban J connectivity index is 1.57. The lowest BCUT2D eigenvalue weighted by molar-refractivity contribution is 0.248. The van der Waals surface area contributed by atoms with Crippen LogP contribution in [0, 0.1) is 0 Å². The van der Waals surface area contributed by atoms with E-state index in [2.05, 4.69) is 37.0 Å². The van der Waals surface area contributed by atoms with Gasteiger partial charge in [0.2, 0.25) is 11.9 Å². The molecule has 0 bridgehead atoms. The molecule has 2 aromatic heterocycles. The van der Waals surface area contributed by atoms with Crippen molar-refractivity contribution in [3.05, 3.63) is 30.1 Å². The summed E-state index contributed by atoms with van der Waals surface area (Å²) in [5.41, 5.74) is 7.02. The topological polar surface area (TPSA) is 76.1 Å². The molecule has 0 radical (unpaired) electrons. The van der Waals surface area contributed by atoms with Gasteiger partial charge in [-0.2, -0.15) is 4.98 Å². The van der Waals surface area contributed by atoms with Gasteiger partial charge in [0, 0.05) is 52.2 Å². The number of piperazine rings is 1. The molecule has 0 saturated carbocycles. The summed E-state index contributed by atoms with van der Waals surface area (Å²) < 4.78 is 1.61. The third kappa shape index (κ3) is 2.72. The second-order valence-corrected chi connectivity index (χ2v) is 5.01. The van der Waals surface area contributed by atoms with Crippen LogP contribution in [0.4, 0.5) is 11.9 Å². The third-order valence-electron chi connectivity index (χ3n) is 3.60. The van der Waals surface area contributed by atoms with Crippen LogP contribution in [0.2, 0.25) is 0 Å². The quantitative estimate of drug-likeness (QED) is 0.855. The molecule has 3 heterocycles. The Bertz CT molecular complexity index is 538. The van der Waals surface area contributed by atoms with Gasteiger partial charge in [0.05, 0.1) is 0 Å². The van der Waals surface area contributed by atoms with Crippen molar-refractivity contribution in [2.75, 3.05) is 36.8 Å². The largest absolute Gasteiger partial charge is 0.368 e. The normalized spacial score (nSPS) is 16.6. The number of hydrogen-bond acceptors (Lipinski definition) is 6. The van der Waals surface area contributed by atoms with Gasteiger partial charge < -0.3 is 10.6 Å². The van der Waals surface area contributed by atoms with Gasteiger partial charge in [-0.25, -0.2) is 4.68 Å².